The fraction of sp³-hybridized carbons (Fsp3) is 0.133. The second-order valence-electron chi connectivity index (χ2n) is 4.36. The van der Waals surface area contributed by atoms with Gasteiger partial charge in [-0.3, -0.25) is 0 Å². The third-order valence-corrected chi connectivity index (χ3v) is 4.22. The van der Waals surface area contributed by atoms with Gasteiger partial charge in [0.25, 0.3) is 0 Å². The summed E-state index contributed by atoms with van der Waals surface area (Å²) in [6.45, 7) is 0. The molecule has 104 valence electrons. The minimum absolute atomic E-state index is 0.205. The van der Waals surface area contributed by atoms with E-state index in [0.29, 0.717) is 17.0 Å². The molecular weight excluding hydrogens is 363 g/mol. The molecule has 2 aromatic rings. The molecular formula is C15H11BrCl2O2. The van der Waals surface area contributed by atoms with Crippen molar-refractivity contribution in [2.24, 2.45) is 0 Å². The zero-order valence-corrected chi connectivity index (χ0v) is 13.5. The summed E-state index contributed by atoms with van der Waals surface area (Å²) in [7, 11) is 0. The zero-order valence-electron chi connectivity index (χ0n) is 10.4. The van der Waals surface area contributed by atoms with Gasteiger partial charge in [0.1, 0.15) is 0 Å². The lowest BCUT2D eigenvalue weighted by Gasteiger charge is -2.08. The highest BCUT2D eigenvalue weighted by Gasteiger charge is 2.13. The van der Waals surface area contributed by atoms with Crippen molar-refractivity contribution in [3.8, 4) is 0 Å². The Morgan fingerprint density at radius 3 is 2.25 bits per heavy atom. The smallest absolute Gasteiger partial charge is 0.336 e. The highest BCUT2D eigenvalue weighted by atomic mass is 79.9. The maximum Gasteiger partial charge on any atom is 0.336 e. The minimum atomic E-state index is -0.991. The van der Waals surface area contributed by atoms with E-state index in [9.17, 15) is 9.90 Å². The molecule has 0 spiro atoms. The average molecular weight is 374 g/mol. The van der Waals surface area contributed by atoms with Gasteiger partial charge in [0.05, 0.1) is 15.6 Å². The first-order chi connectivity index (χ1) is 9.47. The normalized spacial score (nSPS) is 10.6. The molecule has 5 heteroatoms. The fourth-order valence-corrected chi connectivity index (χ4v) is 2.54. The molecule has 0 aromatic heterocycles. The Balaban J connectivity index is 2.22. The van der Waals surface area contributed by atoms with Crippen LogP contribution in [0.4, 0.5) is 0 Å². The highest BCUT2D eigenvalue weighted by molar-refractivity contribution is 9.10. The van der Waals surface area contributed by atoms with Crippen molar-refractivity contribution in [3.63, 3.8) is 0 Å². The van der Waals surface area contributed by atoms with Gasteiger partial charge in [0.15, 0.2) is 0 Å². The molecule has 0 aliphatic heterocycles. The SMILES string of the molecule is O=C(O)c1cc(Cl)c(Cl)cc1CCc1ccc(Br)cc1. The van der Waals surface area contributed by atoms with Crippen LogP contribution in [-0.4, -0.2) is 11.1 Å². The lowest BCUT2D eigenvalue weighted by atomic mass is 10.00. The van der Waals surface area contributed by atoms with Crippen LogP contribution in [0.1, 0.15) is 21.5 Å². The Labute approximate surface area is 135 Å². The van der Waals surface area contributed by atoms with Crippen molar-refractivity contribution >= 4 is 45.1 Å². The Bertz CT molecular complexity index is 639. The maximum atomic E-state index is 11.2. The Morgan fingerprint density at radius 2 is 1.65 bits per heavy atom. The number of hydrogen-bond donors (Lipinski definition) is 1. The summed E-state index contributed by atoms with van der Waals surface area (Å²) < 4.78 is 1.02. The Morgan fingerprint density at radius 1 is 1.05 bits per heavy atom. The molecule has 0 bridgehead atoms. The first-order valence-corrected chi connectivity index (χ1v) is 7.48. The molecule has 2 nitrogen and oxygen atoms in total. The number of rotatable bonds is 4. The van der Waals surface area contributed by atoms with Crippen LogP contribution in [0, 0.1) is 0 Å². The fourth-order valence-electron chi connectivity index (χ4n) is 1.92. The molecule has 0 fully saturated rings. The standard InChI is InChI=1S/C15H11BrCl2O2/c16-11-5-2-9(3-6-11)1-4-10-7-13(17)14(18)8-12(10)15(19)20/h2-3,5-8H,1,4H2,(H,19,20). The second-order valence-corrected chi connectivity index (χ2v) is 6.09. The van der Waals surface area contributed by atoms with Crippen LogP contribution in [0.25, 0.3) is 0 Å². The van der Waals surface area contributed by atoms with Crippen molar-refractivity contribution in [2.75, 3.05) is 0 Å². The predicted octanol–water partition coefficient (Wildman–Crippen LogP) is 5.24. The van der Waals surface area contributed by atoms with Gasteiger partial charge in [-0.25, -0.2) is 4.79 Å². The summed E-state index contributed by atoms with van der Waals surface area (Å²) in [6.07, 6.45) is 1.34. The summed E-state index contributed by atoms with van der Waals surface area (Å²) in [5.74, 6) is -0.991. The molecule has 0 aliphatic carbocycles. The largest absolute Gasteiger partial charge is 0.478 e. The lowest BCUT2D eigenvalue weighted by molar-refractivity contribution is 0.0695. The van der Waals surface area contributed by atoms with Crippen LogP contribution in [0.15, 0.2) is 40.9 Å². The van der Waals surface area contributed by atoms with Gasteiger partial charge < -0.3 is 5.11 Å². The van der Waals surface area contributed by atoms with Crippen LogP contribution in [-0.2, 0) is 12.8 Å². The third-order valence-electron chi connectivity index (χ3n) is 2.97. The minimum Gasteiger partial charge on any atom is -0.478 e. The lowest BCUT2D eigenvalue weighted by Crippen LogP contribution is -2.04. The van der Waals surface area contributed by atoms with Crippen molar-refractivity contribution in [1.29, 1.82) is 0 Å². The zero-order chi connectivity index (χ0) is 14.7. The van der Waals surface area contributed by atoms with Gasteiger partial charge in [0, 0.05) is 4.47 Å². The van der Waals surface area contributed by atoms with Crippen molar-refractivity contribution in [3.05, 3.63) is 67.6 Å². The summed E-state index contributed by atoms with van der Waals surface area (Å²) in [6, 6.07) is 11.0. The topological polar surface area (TPSA) is 37.3 Å². The quantitative estimate of drug-likeness (QED) is 0.795. The van der Waals surface area contributed by atoms with Crippen LogP contribution < -0.4 is 0 Å². The number of benzene rings is 2. The molecule has 0 heterocycles. The molecule has 0 saturated heterocycles. The van der Waals surface area contributed by atoms with E-state index in [0.717, 1.165) is 16.5 Å². The monoisotopic (exact) mass is 372 g/mol. The molecule has 2 aromatic carbocycles. The number of carboxylic acids is 1. The van der Waals surface area contributed by atoms with Crippen LogP contribution >= 0.6 is 39.1 Å². The molecule has 0 unspecified atom stereocenters. The Kier molecular flexibility index (Phi) is 5.08. The summed E-state index contributed by atoms with van der Waals surface area (Å²) >= 11 is 15.2. The van der Waals surface area contributed by atoms with E-state index < -0.39 is 5.97 Å². The summed E-state index contributed by atoms with van der Waals surface area (Å²) in [5.41, 5.74) is 2.03. The van der Waals surface area contributed by atoms with E-state index in [1.807, 2.05) is 24.3 Å². The maximum absolute atomic E-state index is 11.2. The molecule has 0 atom stereocenters. The van der Waals surface area contributed by atoms with Crippen molar-refractivity contribution < 1.29 is 9.90 Å². The number of aromatic carboxylic acids is 1. The average Bonchev–Trinajstić information content (AvgIpc) is 2.41. The van der Waals surface area contributed by atoms with E-state index in [1.54, 1.807) is 6.07 Å². The van der Waals surface area contributed by atoms with Crippen molar-refractivity contribution in [1.82, 2.24) is 0 Å². The molecule has 0 aliphatic rings. The number of halogens is 3. The predicted molar refractivity (Wildman–Crippen MR) is 85.0 cm³/mol. The molecule has 0 amide bonds. The summed E-state index contributed by atoms with van der Waals surface area (Å²) in [5, 5.41) is 9.84. The molecule has 0 radical (unpaired) electrons. The first kappa shape index (κ1) is 15.4. The number of hydrogen-bond acceptors (Lipinski definition) is 1. The first-order valence-electron chi connectivity index (χ1n) is 5.93. The van der Waals surface area contributed by atoms with Gasteiger partial charge in [-0.2, -0.15) is 0 Å². The van der Waals surface area contributed by atoms with Crippen LogP contribution in [0.3, 0.4) is 0 Å². The van der Waals surface area contributed by atoms with Gasteiger partial charge in [-0.05, 0) is 48.2 Å². The second kappa shape index (κ2) is 6.61. The Hall–Kier alpha value is -1.03. The third kappa shape index (κ3) is 3.75. The van der Waals surface area contributed by atoms with E-state index >= 15 is 0 Å². The van der Waals surface area contributed by atoms with Gasteiger partial charge in [0.2, 0.25) is 0 Å². The van der Waals surface area contributed by atoms with E-state index in [4.69, 9.17) is 23.2 Å². The van der Waals surface area contributed by atoms with Gasteiger partial charge in [-0.15, -0.1) is 0 Å². The summed E-state index contributed by atoms with van der Waals surface area (Å²) in [4.78, 5) is 11.2. The molecule has 1 N–H and O–H groups in total. The number of aryl methyl sites for hydroxylation is 2. The number of carboxylic acid groups (broad SMARTS) is 1. The van der Waals surface area contributed by atoms with E-state index in [2.05, 4.69) is 15.9 Å². The number of carbonyl (C=O) groups is 1. The van der Waals surface area contributed by atoms with Crippen LogP contribution in [0.2, 0.25) is 10.0 Å². The molecule has 2 rings (SSSR count). The molecule has 20 heavy (non-hydrogen) atoms. The van der Waals surface area contributed by atoms with E-state index in [1.165, 1.54) is 6.07 Å². The van der Waals surface area contributed by atoms with Crippen LogP contribution in [0.5, 0.6) is 0 Å². The van der Waals surface area contributed by atoms with Gasteiger partial charge >= 0.3 is 5.97 Å². The highest BCUT2D eigenvalue weighted by Crippen LogP contribution is 2.27. The van der Waals surface area contributed by atoms with Crippen molar-refractivity contribution in [2.45, 2.75) is 12.8 Å². The van der Waals surface area contributed by atoms with Gasteiger partial charge in [-0.1, -0.05) is 51.3 Å². The molecule has 0 saturated carbocycles. The van der Waals surface area contributed by atoms with E-state index in [-0.39, 0.29) is 10.6 Å².